The largest absolute Gasteiger partial charge is 0.383 e. The van der Waals surface area contributed by atoms with E-state index in [-0.39, 0.29) is 5.91 Å². The van der Waals surface area contributed by atoms with Crippen molar-refractivity contribution in [1.82, 2.24) is 14.9 Å². The first-order valence-corrected chi connectivity index (χ1v) is 7.57. The second-order valence-electron chi connectivity index (χ2n) is 5.05. The molecule has 6 heteroatoms. The van der Waals surface area contributed by atoms with Crippen LogP contribution in [0.4, 0.5) is 0 Å². The van der Waals surface area contributed by atoms with E-state index in [4.69, 9.17) is 16.3 Å². The van der Waals surface area contributed by atoms with Crippen molar-refractivity contribution in [3.05, 3.63) is 59.4 Å². The number of carbonyl (C=O) groups is 1. The van der Waals surface area contributed by atoms with Crippen LogP contribution in [0.1, 0.15) is 10.4 Å². The number of hydrogen-bond acceptors (Lipinski definition) is 3. The SMILES string of the molecule is COCCNC(=O)c1ccc2c(c1)ncn2-c1cccc(Cl)c1. The molecule has 1 N–H and O–H groups in total. The summed E-state index contributed by atoms with van der Waals surface area (Å²) in [5.41, 5.74) is 3.17. The lowest BCUT2D eigenvalue weighted by atomic mass is 10.2. The van der Waals surface area contributed by atoms with Gasteiger partial charge in [-0.3, -0.25) is 9.36 Å². The summed E-state index contributed by atoms with van der Waals surface area (Å²) in [6, 6.07) is 13.0. The van der Waals surface area contributed by atoms with Crippen LogP contribution >= 0.6 is 11.6 Å². The maximum Gasteiger partial charge on any atom is 0.251 e. The molecule has 1 heterocycles. The van der Waals surface area contributed by atoms with Crippen molar-refractivity contribution in [2.45, 2.75) is 0 Å². The minimum Gasteiger partial charge on any atom is -0.383 e. The van der Waals surface area contributed by atoms with E-state index in [9.17, 15) is 4.79 Å². The van der Waals surface area contributed by atoms with Crippen molar-refractivity contribution in [3.8, 4) is 5.69 Å². The quantitative estimate of drug-likeness (QED) is 0.732. The number of carbonyl (C=O) groups excluding carboxylic acids is 1. The summed E-state index contributed by atoms with van der Waals surface area (Å²) in [4.78, 5) is 16.4. The summed E-state index contributed by atoms with van der Waals surface area (Å²) in [5.74, 6) is -0.138. The summed E-state index contributed by atoms with van der Waals surface area (Å²) >= 11 is 6.04. The molecule has 0 aliphatic carbocycles. The monoisotopic (exact) mass is 329 g/mol. The number of nitrogens with one attached hydrogen (secondary N) is 1. The molecule has 118 valence electrons. The molecule has 5 nitrogen and oxygen atoms in total. The highest BCUT2D eigenvalue weighted by Crippen LogP contribution is 2.21. The molecule has 0 aliphatic rings. The highest BCUT2D eigenvalue weighted by Gasteiger charge is 2.10. The normalized spacial score (nSPS) is 10.9. The van der Waals surface area contributed by atoms with E-state index in [2.05, 4.69) is 10.3 Å². The molecular formula is C17H16ClN3O2. The Morgan fingerprint density at radius 3 is 2.96 bits per heavy atom. The minimum absolute atomic E-state index is 0.138. The van der Waals surface area contributed by atoms with Crippen molar-refractivity contribution in [1.29, 1.82) is 0 Å². The summed E-state index contributed by atoms with van der Waals surface area (Å²) in [7, 11) is 1.60. The van der Waals surface area contributed by atoms with Gasteiger partial charge < -0.3 is 10.1 Å². The molecule has 3 rings (SSSR count). The fourth-order valence-corrected chi connectivity index (χ4v) is 2.54. The van der Waals surface area contributed by atoms with Crippen LogP contribution in [0.15, 0.2) is 48.8 Å². The Morgan fingerprint density at radius 1 is 1.30 bits per heavy atom. The number of imidazole rings is 1. The number of halogens is 1. The van der Waals surface area contributed by atoms with Gasteiger partial charge in [0.05, 0.1) is 17.6 Å². The second kappa shape index (κ2) is 6.81. The maximum atomic E-state index is 12.1. The highest BCUT2D eigenvalue weighted by atomic mass is 35.5. The van der Waals surface area contributed by atoms with E-state index in [1.807, 2.05) is 34.9 Å². The van der Waals surface area contributed by atoms with Gasteiger partial charge in [0, 0.05) is 29.9 Å². The Kier molecular flexibility index (Phi) is 4.60. The minimum atomic E-state index is -0.138. The lowest BCUT2D eigenvalue weighted by molar-refractivity contribution is 0.0937. The van der Waals surface area contributed by atoms with Crippen LogP contribution in [0, 0.1) is 0 Å². The van der Waals surface area contributed by atoms with Crippen molar-refractivity contribution < 1.29 is 9.53 Å². The molecule has 1 amide bonds. The third-order valence-electron chi connectivity index (χ3n) is 3.49. The molecule has 23 heavy (non-hydrogen) atoms. The van der Waals surface area contributed by atoms with Gasteiger partial charge in [0.1, 0.15) is 6.33 Å². The molecule has 0 spiro atoms. The third kappa shape index (κ3) is 3.36. The van der Waals surface area contributed by atoms with Crippen LogP contribution in [0.5, 0.6) is 0 Å². The van der Waals surface area contributed by atoms with E-state index >= 15 is 0 Å². The average Bonchev–Trinajstić information content (AvgIpc) is 2.98. The van der Waals surface area contributed by atoms with Crippen molar-refractivity contribution in [2.24, 2.45) is 0 Å². The lowest BCUT2D eigenvalue weighted by Crippen LogP contribution is -2.26. The summed E-state index contributed by atoms with van der Waals surface area (Å²) in [6.45, 7) is 0.960. The van der Waals surface area contributed by atoms with Gasteiger partial charge in [-0.05, 0) is 36.4 Å². The Morgan fingerprint density at radius 2 is 2.17 bits per heavy atom. The van der Waals surface area contributed by atoms with E-state index < -0.39 is 0 Å². The molecule has 0 radical (unpaired) electrons. The van der Waals surface area contributed by atoms with Gasteiger partial charge in [0.25, 0.3) is 5.91 Å². The molecule has 1 aromatic heterocycles. The van der Waals surface area contributed by atoms with Gasteiger partial charge in [0.15, 0.2) is 0 Å². The van der Waals surface area contributed by atoms with Crippen LogP contribution in [-0.4, -0.2) is 35.7 Å². The first kappa shape index (κ1) is 15.5. The van der Waals surface area contributed by atoms with Crippen molar-refractivity contribution in [3.63, 3.8) is 0 Å². The fourth-order valence-electron chi connectivity index (χ4n) is 2.35. The van der Waals surface area contributed by atoms with Gasteiger partial charge >= 0.3 is 0 Å². The number of ether oxygens (including phenoxy) is 1. The number of benzene rings is 2. The van der Waals surface area contributed by atoms with E-state index in [1.54, 1.807) is 25.6 Å². The first-order valence-electron chi connectivity index (χ1n) is 7.19. The number of nitrogens with zero attached hydrogens (tertiary/aromatic N) is 2. The summed E-state index contributed by atoms with van der Waals surface area (Å²) in [6.07, 6.45) is 1.73. The Bertz CT molecular complexity index is 845. The molecule has 0 bridgehead atoms. The maximum absolute atomic E-state index is 12.1. The van der Waals surface area contributed by atoms with Gasteiger partial charge in [-0.1, -0.05) is 17.7 Å². The number of fused-ring (bicyclic) bond motifs is 1. The van der Waals surface area contributed by atoms with E-state index in [0.29, 0.717) is 23.7 Å². The molecule has 2 aromatic carbocycles. The fraction of sp³-hybridized carbons (Fsp3) is 0.176. The average molecular weight is 330 g/mol. The van der Waals surface area contributed by atoms with Gasteiger partial charge in [-0.2, -0.15) is 0 Å². The third-order valence-corrected chi connectivity index (χ3v) is 3.72. The Balaban J connectivity index is 1.90. The van der Waals surface area contributed by atoms with E-state index in [0.717, 1.165) is 16.7 Å². The Hall–Kier alpha value is -2.37. The van der Waals surface area contributed by atoms with Gasteiger partial charge in [0.2, 0.25) is 0 Å². The highest BCUT2D eigenvalue weighted by molar-refractivity contribution is 6.30. The number of aromatic nitrogens is 2. The lowest BCUT2D eigenvalue weighted by Gasteiger charge is -2.06. The number of hydrogen-bond donors (Lipinski definition) is 1. The summed E-state index contributed by atoms with van der Waals surface area (Å²) in [5, 5.41) is 3.46. The molecule has 0 aliphatic heterocycles. The molecule has 3 aromatic rings. The van der Waals surface area contributed by atoms with Gasteiger partial charge in [-0.25, -0.2) is 4.98 Å². The standard InChI is InChI=1S/C17H16ClN3O2/c1-23-8-7-19-17(22)12-5-6-16-15(9-12)20-11-21(16)14-4-2-3-13(18)10-14/h2-6,9-11H,7-8H2,1H3,(H,19,22). The topological polar surface area (TPSA) is 56.1 Å². The molecule has 0 saturated heterocycles. The summed E-state index contributed by atoms with van der Waals surface area (Å²) < 4.78 is 6.86. The Labute approximate surface area is 138 Å². The first-order chi connectivity index (χ1) is 11.2. The molecule has 0 unspecified atom stereocenters. The number of methoxy groups -OCH3 is 1. The van der Waals surface area contributed by atoms with Crippen LogP contribution in [0.3, 0.4) is 0 Å². The molecule has 0 fully saturated rings. The zero-order chi connectivity index (χ0) is 16.2. The van der Waals surface area contributed by atoms with Crippen LogP contribution in [-0.2, 0) is 4.74 Å². The van der Waals surface area contributed by atoms with Crippen LogP contribution in [0.2, 0.25) is 5.02 Å². The van der Waals surface area contributed by atoms with Crippen molar-refractivity contribution >= 4 is 28.5 Å². The van der Waals surface area contributed by atoms with Crippen LogP contribution in [0.25, 0.3) is 16.7 Å². The predicted octanol–water partition coefficient (Wildman–Crippen LogP) is 3.06. The number of rotatable bonds is 5. The second-order valence-corrected chi connectivity index (χ2v) is 5.48. The van der Waals surface area contributed by atoms with Crippen LogP contribution < -0.4 is 5.32 Å². The number of amides is 1. The molecule has 0 atom stereocenters. The van der Waals surface area contributed by atoms with Crippen molar-refractivity contribution in [2.75, 3.05) is 20.3 Å². The zero-order valence-corrected chi connectivity index (χ0v) is 13.4. The van der Waals surface area contributed by atoms with Gasteiger partial charge in [-0.15, -0.1) is 0 Å². The van der Waals surface area contributed by atoms with E-state index in [1.165, 1.54) is 0 Å². The zero-order valence-electron chi connectivity index (χ0n) is 12.6. The molecular weight excluding hydrogens is 314 g/mol. The predicted molar refractivity (Wildman–Crippen MR) is 90.3 cm³/mol. The molecule has 0 saturated carbocycles. The smallest absolute Gasteiger partial charge is 0.251 e.